The molecule has 0 saturated heterocycles. The number of rotatable bonds is 9. The van der Waals surface area contributed by atoms with E-state index in [9.17, 15) is 13.6 Å². The lowest BCUT2D eigenvalue weighted by molar-refractivity contribution is -0.155. The molecule has 7 nitrogen and oxygen atoms in total. The van der Waals surface area contributed by atoms with Crippen molar-refractivity contribution in [2.45, 2.75) is 39.4 Å². The van der Waals surface area contributed by atoms with Gasteiger partial charge in [0.2, 0.25) is 0 Å². The zero-order chi connectivity index (χ0) is 26.6. The summed E-state index contributed by atoms with van der Waals surface area (Å²) in [5.41, 5.74) is 1.92. The van der Waals surface area contributed by atoms with Gasteiger partial charge in [0.1, 0.15) is 30.3 Å². The number of fused-ring (bicyclic) bond motifs is 1. The second-order valence-corrected chi connectivity index (χ2v) is 9.28. The minimum Gasteiger partial charge on any atom is -0.496 e. The van der Waals surface area contributed by atoms with Gasteiger partial charge in [-0.15, -0.1) is 0 Å². The molecule has 0 radical (unpaired) electrons. The number of nitrogens with zero attached hydrogens (tertiary/aromatic N) is 1. The molecule has 0 saturated carbocycles. The van der Waals surface area contributed by atoms with E-state index in [1.165, 1.54) is 7.11 Å². The smallest absolute Gasteiger partial charge is 0.309 e. The summed E-state index contributed by atoms with van der Waals surface area (Å²) in [5, 5.41) is 4.60. The number of carbonyl (C=O) groups is 1. The highest BCUT2D eigenvalue weighted by Crippen LogP contribution is 2.33. The van der Waals surface area contributed by atoms with Crippen molar-refractivity contribution in [1.82, 2.24) is 5.16 Å². The fourth-order valence-corrected chi connectivity index (χ4v) is 3.60. The molecule has 0 spiro atoms. The Morgan fingerprint density at radius 1 is 0.973 bits per heavy atom. The van der Waals surface area contributed by atoms with Crippen LogP contribution in [0.3, 0.4) is 0 Å². The van der Waals surface area contributed by atoms with Crippen LogP contribution in [0.25, 0.3) is 22.1 Å². The number of hydrogen-bond acceptors (Lipinski definition) is 7. The SMILES string of the molecule is COc1cc(F)c(F)cc1-c1ccc(OCc2ccc3onc(OCCC(=O)OC(C)(C)C)c3c2)cc1. The van der Waals surface area contributed by atoms with Gasteiger partial charge in [0.05, 0.1) is 18.9 Å². The minimum absolute atomic E-state index is 0.0842. The summed E-state index contributed by atoms with van der Waals surface area (Å²) in [5.74, 6) is -1.17. The lowest BCUT2D eigenvalue weighted by atomic mass is 10.0. The maximum Gasteiger partial charge on any atom is 0.309 e. The summed E-state index contributed by atoms with van der Waals surface area (Å²) >= 11 is 0. The molecule has 3 aromatic carbocycles. The summed E-state index contributed by atoms with van der Waals surface area (Å²) in [6, 6.07) is 14.5. The first-order chi connectivity index (χ1) is 17.6. The molecule has 37 heavy (non-hydrogen) atoms. The van der Waals surface area contributed by atoms with Crippen molar-refractivity contribution in [3.8, 4) is 28.5 Å². The van der Waals surface area contributed by atoms with Gasteiger partial charge in [-0.1, -0.05) is 18.2 Å². The van der Waals surface area contributed by atoms with Crippen LogP contribution < -0.4 is 14.2 Å². The van der Waals surface area contributed by atoms with E-state index in [1.807, 2.05) is 12.1 Å². The van der Waals surface area contributed by atoms with Gasteiger partial charge in [0.25, 0.3) is 5.88 Å². The van der Waals surface area contributed by atoms with E-state index in [0.717, 1.165) is 17.7 Å². The highest BCUT2D eigenvalue weighted by Gasteiger charge is 2.17. The average Bonchev–Trinajstić information content (AvgIpc) is 3.25. The lowest BCUT2D eigenvalue weighted by Gasteiger charge is -2.19. The molecule has 1 aromatic heterocycles. The van der Waals surface area contributed by atoms with Crippen molar-refractivity contribution in [3.63, 3.8) is 0 Å². The fraction of sp³-hybridized carbons (Fsp3) is 0.286. The molecule has 0 aliphatic rings. The molecule has 0 unspecified atom stereocenters. The first-order valence-electron chi connectivity index (χ1n) is 11.6. The number of aromatic nitrogens is 1. The molecule has 0 bridgehead atoms. The summed E-state index contributed by atoms with van der Waals surface area (Å²) in [7, 11) is 1.40. The van der Waals surface area contributed by atoms with Crippen LogP contribution >= 0.6 is 0 Å². The monoisotopic (exact) mass is 511 g/mol. The van der Waals surface area contributed by atoms with Crippen molar-refractivity contribution in [2.75, 3.05) is 13.7 Å². The summed E-state index contributed by atoms with van der Waals surface area (Å²) in [6.07, 6.45) is 0.0842. The van der Waals surface area contributed by atoms with E-state index in [4.69, 9.17) is 23.5 Å². The molecule has 0 aliphatic heterocycles. The van der Waals surface area contributed by atoms with Crippen LogP contribution in [-0.4, -0.2) is 30.4 Å². The Hall–Kier alpha value is -4.14. The molecule has 4 rings (SSSR count). The number of benzene rings is 3. The highest BCUT2D eigenvalue weighted by atomic mass is 19.2. The van der Waals surface area contributed by atoms with Crippen LogP contribution in [0.2, 0.25) is 0 Å². The standard InChI is InChI=1S/C28H27F2NO6/c1-28(2,3)36-26(32)11-12-34-27-21-13-17(5-10-24(21)37-31-27)16-35-19-8-6-18(7-9-19)20-14-22(29)23(30)15-25(20)33-4/h5-10,13-15H,11-12,16H2,1-4H3. The Bertz CT molecular complexity index is 1390. The van der Waals surface area contributed by atoms with Crippen molar-refractivity contribution in [1.29, 1.82) is 0 Å². The zero-order valence-electron chi connectivity index (χ0n) is 21.0. The van der Waals surface area contributed by atoms with E-state index in [-0.39, 0.29) is 37.2 Å². The van der Waals surface area contributed by atoms with Crippen LogP contribution in [-0.2, 0) is 16.1 Å². The quantitative estimate of drug-likeness (QED) is 0.238. The van der Waals surface area contributed by atoms with E-state index in [2.05, 4.69) is 5.16 Å². The molecular weight excluding hydrogens is 484 g/mol. The average molecular weight is 512 g/mol. The van der Waals surface area contributed by atoms with Crippen molar-refractivity contribution in [3.05, 3.63) is 71.8 Å². The number of ether oxygens (including phenoxy) is 4. The van der Waals surface area contributed by atoms with Crippen LogP contribution in [0.15, 0.2) is 59.1 Å². The number of halogens is 2. The second-order valence-electron chi connectivity index (χ2n) is 9.28. The molecule has 0 aliphatic carbocycles. The molecule has 4 aromatic rings. The van der Waals surface area contributed by atoms with Gasteiger partial charge in [0.15, 0.2) is 17.2 Å². The van der Waals surface area contributed by atoms with E-state index in [1.54, 1.807) is 51.1 Å². The first-order valence-corrected chi connectivity index (χ1v) is 11.6. The van der Waals surface area contributed by atoms with Crippen LogP contribution in [0.5, 0.6) is 17.4 Å². The van der Waals surface area contributed by atoms with Gasteiger partial charge < -0.3 is 23.5 Å². The third-order valence-electron chi connectivity index (χ3n) is 5.28. The minimum atomic E-state index is -0.970. The van der Waals surface area contributed by atoms with Gasteiger partial charge in [-0.2, -0.15) is 0 Å². The zero-order valence-corrected chi connectivity index (χ0v) is 21.0. The van der Waals surface area contributed by atoms with Gasteiger partial charge in [-0.05, 0) is 67.4 Å². The molecule has 194 valence electrons. The van der Waals surface area contributed by atoms with E-state index >= 15 is 0 Å². The highest BCUT2D eigenvalue weighted by molar-refractivity contribution is 5.82. The van der Waals surface area contributed by atoms with Gasteiger partial charge >= 0.3 is 5.97 Å². The van der Waals surface area contributed by atoms with Gasteiger partial charge in [0, 0.05) is 11.6 Å². The number of esters is 1. The Balaban J connectivity index is 1.39. The fourth-order valence-electron chi connectivity index (χ4n) is 3.60. The van der Waals surface area contributed by atoms with Crippen molar-refractivity contribution < 1.29 is 37.0 Å². The third kappa shape index (κ3) is 6.55. The molecule has 0 N–H and O–H groups in total. The molecule has 0 atom stereocenters. The maximum atomic E-state index is 13.8. The number of methoxy groups -OCH3 is 1. The second kappa shape index (κ2) is 10.9. The van der Waals surface area contributed by atoms with Gasteiger partial charge in [-0.3, -0.25) is 4.79 Å². The van der Waals surface area contributed by atoms with Crippen LogP contribution in [0.1, 0.15) is 32.8 Å². The number of hydrogen-bond donors (Lipinski definition) is 0. The lowest BCUT2D eigenvalue weighted by Crippen LogP contribution is -2.24. The van der Waals surface area contributed by atoms with Crippen molar-refractivity contribution >= 4 is 16.9 Å². The van der Waals surface area contributed by atoms with Crippen LogP contribution in [0, 0.1) is 11.6 Å². The summed E-state index contributed by atoms with van der Waals surface area (Å²) in [6.45, 7) is 5.77. The molecular formula is C28H27F2NO6. The summed E-state index contributed by atoms with van der Waals surface area (Å²) in [4.78, 5) is 11.9. The topological polar surface area (TPSA) is 80.0 Å². The predicted molar refractivity (Wildman–Crippen MR) is 133 cm³/mol. The van der Waals surface area contributed by atoms with E-state index in [0.29, 0.717) is 27.8 Å². The Morgan fingerprint density at radius 2 is 1.70 bits per heavy atom. The Kier molecular flexibility index (Phi) is 7.61. The Morgan fingerprint density at radius 3 is 2.41 bits per heavy atom. The molecule has 0 amide bonds. The number of carbonyl (C=O) groups excluding carboxylic acids is 1. The summed E-state index contributed by atoms with van der Waals surface area (Å²) < 4.78 is 54.6. The normalized spacial score (nSPS) is 11.4. The maximum absolute atomic E-state index is 13.8. The first kappa shape index (κ1) is 25.9. The third-order valence-corrected chi connectivity index (χ3v) is 5.28. The largest absolute Gasteiger partial charge is 0.496 e. The molecule has 9 heteroatoms. The van der Waals surface area contributed by atoms with Crippen LogP contribution in [0.4, 0.5) is 8.78 Å². The van der Waals surface area contributed by atoms with E-state index < -0.39 is 17.2 Å². The molecule has 0 fully saturated rings. The molecule has 1 heterocycles. The Labute approximate surface area is 212 Å². The van der Waals surface area contributed by atoms with Crippen molar-refractivity contribution in [2.24, 2.45) is 0 Å². The predicted octanol–water partition coefficient (Wildman–Crippen LogP) is 6.47. The van der Waals surface area contributed by atoms with Gasteiger partial charge in [-0.25, -0.2) is 8.78 Å².